The molecule has 16 heteroatoms. The Morgan fingerprint density at radius 1 is 1.22 bits per heavy atom. The second-order valence-corrected chi connectivity index (χ2v) is 11.4. The van der Waals surface area contributed by atoms with Crippen molar-refractivity contribution in [2.24, 2.45) is 5.16 Å². The van der Waals surface area contributed by atoms with Crippen LogP contribution in [0.15, 0.2) is 33.0 Å². The Hall–Kier alpha value is -4.02. The highest BCUT2D eigenvalue weighted by Crippen LogP contribution is 2.32. The lowest BCUT2D eigenvalue weighted by molar-refractivity contribution is -0.975. The first-order valence-electron chi connectivity index (χ1n) is 13.2. The van der Waals surface area contributed by atoms with E-state index >= 15 is 0 Å². The number of nitrogens with one attached hydrogen (secondary N) is 1. The van der Waals surface area contributed by atoms with E-state index < -0.39 is 20.7 Å². The molecule has 0 saturated carbocycles. The van der Waals surface area contributed by atoms with E-state index in [1.54, 1.807) is 19.9 Å². The maximum absolute atomic E-state index is 13.6. The van der Waals surface area contributed by atoms with Crippen LogP contribution < -0.4 is 10.3 Å². The van der Waals surface area contributed by atoms with Gasteiger partial charge in [-0.05, 0) is 44.0 Å². The average molecular weight is 593 g/mol. The number of rotatable bonds is 12. The molecule has 222 valence electrons. The number of aromatic nitrogens is 3. The van der Waals surface area contributed by atoms with Crippen LogP contribution >= 0.6 is 0 Å². The third-order valence-corrected chi connectivity index (χ3v) is 8.84. The largest absolute Gasteiger partial charge is 0.493 e. The second-order valence-electron chi connectivity index (χ2n) is 9.45. The van der Waals surface area contributed by atoms with Crippen molar-refractivity contribution in [1.82, 2.24) is 23.8 Å². The van der Waals surface area contributed by atoms with E-state index in [0.29, 0.717) is 66.3 Å². The van der Waals surface area contributed by atoms with Crippen molar-refractivity contribution in [3.8, 4) is 17.1 Å². The van der Waals surface area contributed by atoms with Crippen molar-refractivity contribution < 1.29 is 33.5 Å². The summed E-state index contributed by atoms with van der Waals surface area (Å²) in [4.78, 5) is 32.9. The molecule has 3 heterocycles. The zero-order chi connectivity index (χ0) is 29.7. The van der Waals surface area contributed by atoms with E-state index in [2.05, 4.69) is 20.1 Å². The highest BCUT2D eigenvalue weighted by molar-refractivity contribution is 7.89. The number of benzene rings is 1. The van der Waals surface area contributed by atoms with Gasteiger partial charge in [-0.3, -0.25) is 9.69 Å². The third-order valence-electron chi connectivity index (χ3n) is 6.94. The SMILES string of the molecule is CCCc1c(/C=N/O)c(C)c2c(=O)[nH]c(-c3cc(S(=O)(=O)N4CCN(CCO[N+](=O)O)CC4)ccc3OCC)nn12. The van der Waals surface area contributed by atoms with Crippen LogP contribution in [-0.4, -0.2) is 99.9 Å². The fraction of sp³-hybridized carbons (Fsp3) is 0.480. The van der Waals surface area contributed by atoms with Crippen LogP contribution in [0.1, 0.15) is 37.1 Å². The summed E-state index contributed by atoms with van der Waals surface area (Å²) in [6, 6.07) is 4.45. The molecule has 0 atom stereocenters. The summed E-state index contributed by atoms with van der Waals surface area (Å²) in [5.74, 6) is 0.483. The van der Waals surface area contributed by atoms with E-state index in [4.69, 9.17) is 9.94 Å². The first-order chi connectivity index (χ1) is 19.6. The van der Waals surface area contributed by atoms with Crippen LogP contribution in [0, 0.1) is 11.8 Å². The minimum absolute atomic E-state index is 0.0170. The number of aromatic amines is 1. The molecule has 0 radical (unpaired) electrons. The molecule has 1 aliphatic heterocycles. The molecule has 0 aliphatic carbocycles. The Morgan fingerprint density at radius 2 is 1.95 bits per heavy atom. The summed E-state index contributed by atoms with van der Waals surface area (Å²) in [5.41, 5.74) is 2.08. The van der Waals surface area contributed by atoms with E-state index in [1.165, 1.54) is 27.2 Å². The predicted octanol–water partition coefficient (Wildman–Crippen LogP) is 1.56. The molecule has 15 nitrogen and oxygen atoms in total. The number of fused-ring (bicyclic) bond motifs is 1. The van der Waals surface area contributed by atoms with Crippen LogP contribution in [0.2, 0.25) is 0 Å². The van der Waals surface area contributed by atoms with Crippen LogP contribution in [0.25, 0.3) is 16.9 Å². The first-order valence-corrected chi connectivity index (χ1v) is 14.7. The number of sulfonamides is 1. The lowest BCUT2D eigenvalue weighted by Crippen LogP contribution is -2.49. The minimum atomic E-state index is -3.91. The molecule has 1 aliphatic rings. The number of ether oxygens (including phenoxy) is 1. The molecular formula is C25H34N7O8S+. The van der Waals surface area contributed by atoms with E-state index in [9.17, 15) is 23.3 Å². The Morgan fingerprint density at radius 3 is 2.59 bits per heavy atom. The predicted molar refractivity (Wildman–Crippen MR) is 147 cm³/mol. The average Bonchev–Trinajstić information content (AvgIpc) is 3.20. The lowest BCUT2D eigenvalue weighted by Gasteiger charge is -2.33. The molecule has 1 saturated heterocycles. The van der Waals surface area contributed by atoms with Gasteiger partial charge in [0.1, 0.15) is 16.2 Å². The van der Waals surface area contributed by atoms with Gasteiger partial charge >= 0.3 is 5.09 Å². The maximum atomic E-state index is 13.6. The standard InChI is InChI=1S/C25H33N7O8S/c1-4-6-21-20(16-26-34)17(3)23-25(33)27-24(28-31(21)23)19-15-18(7-8-22(19)39-5-2)41(37,38)30-11-9-29(10-12-30)13-14-40-32(35)36/h7-8,15-16H,4-6,9-14H2,1-3H3,(H2-,27,28,33,34,35,36)/p+1/b26-16+. The summed E-state index contributed by atoms with van der Waals surface area (Å²) >= 11 is 0. The molecule has 3 N–H and O–H groups in total. The summed E-state index contributed by atoms with van der Waals surface area (Å²) in [6.07, 6.45) is 2.59. The van der Waals surface area contributed by atoms with Gasteiger partial charge in [-0.15, -0.1) is 5.10 Å². The van der Waals surface area contributed by atoms with Crippen LogP contribution in [0.4, 0.5) is 0 Å². The molecule has 3 aromatic rings. The number of aryl methyl sites for hydroxylation is 2. The number of piperazine rings is 1. The third kappa shape index (κ3) is 6.18. The first kappa shape index (κ1) is 30.0. The van der Waals surface area contributed by atoms with Gasteiger partial charge in [-0.25, -0.2) is 18.1 Å². The van der Waals surface area contributed by atoms with E-state index in [1.807, 2.05) is 11.8 Å². The molecule has 1 fully saturated rings. The number of hydrogen-bond acceptors (Lipinski definition) is 10. The summed E-state index contributed by atoms with van der Waals surface area (Å²) in [7, 11) is -3.91. The highest BCUT2D eigenvalue weighted by atomic mass is 32.2. The Balaban J connectivity index is 1.72. The van der Waals surface area contributed by atoms with Crippen LogP contribution in [-0.2, 0) is 21.3 Å². The van der Waals surface area contributed by atoms with Crippen molar-refractivity contribution in [1.29, 1.82) is 0 Å². The number of oxime groups is 1. The molecule has 0 unspecified atom stereocenters. The molecule has 0 spiro atoms. The summed E-state index contributed by atoms with van der Waals surface area (Å²) < 4.78 is 35.9. The molecular weight excluding hydrogens is 558 g/mol. The van der Waals surface area contributed by atoms with Crippen molar-refractivity contribution >= 4 is 21.8 Å². The lowest BCUT2D eigenvalue weighted by atomic mass is 10.1. The van der Waals surface area contributed by atoms with Crippen molar-refractivity contribution in [3.63, 3.8) is 0 Å². The molecule has 41 heavy (non-hydrogen) atoms. The van der Waals surface area contributed by atoms with Crippen molar-refractivity contribution in [2.75, 3.05) is 45.9 Å². The summed E-state index contributed by atoms with van der Waals surface area (Å²) in [6.45, 7) is 7.40. The topological polar surface area (TPSA) is 182 Å². The Bertz CT molecular complexity index is 1610. The molecule has 0 bridgehead atoms. The highest BCUT2D eigenvalue weighted by Gasteiger charge is 2.30. The smallest absolute Gasteiger partial charge is 0.475 e. The monoisotopic (exact) mass is 592 g/mol. The molecule has 4 rings (SSSR count). The Labute approximate surface area is 236 Å². The number of H-pyrrole nitrogens is 1. The van der Waals surface area contributed by atoms with Gasteiger partial charge in [0.25, 0.3) is 5.56 Å². The zero-order valence-electron chi connectivity index (χ0n) is 23.1. The van der Waals surface area contributed by atoms with Gasteiger partial charge in [0.2, 0.25) is 10.0 Å². The zero-order valence-corrected chi connectivity index (χ0v) is 23.9. The van der Waals surface area contributed by atoms with Gasteiger partial charge in [0.15, 0.2) is 12.4 Å². The van der Waals surface area contributed by atoms with E-state index in [0.717, 1.165) is 6.42 Å². The van der Waals surface area contributed by atoms with Gasteiger partial charge in [-0.1, -0.05) is 18.5 Å². The van der Waals surface area contributed by atoms with Gasteiger partial charge < -0.3 is 14.9 Å². The summed E-state index contributed by atoms with van der Waals surface area (Å²) in [5, 5.41) is 25.0. The van der Waals surface area contributed by atoms with Gasteiger partial charge in [0, 0.05) is 38.3 Å². The number of hydrogen-bond donors (Lipinski definition) is 3. The van der Waals surface area contributed by atoms with Crippen molar-refractivity contribution in [3.05, 3.63) is 50.3 Å². The molecule has 0 amide bonds. The maximum Gasteiger partial charge on any atom is 0.475 e. The Kier molecular flexibility index (Phi) is 9.25. The quantitative estimate of drug-likeness (QED) is 0.159. The van der Waals surface area contributed by atoms with Crippen LogP contribution in [0.5, 0.6) is 5.75 Å². The van der Waals surface area contributed by atoms with Gasteiger partial charge in [-0.2, -0.15) is 9.14 Å². The number of nitrogens with zero attached hydrogens (tertiary/aromatic N) is 6. The van der Waals surface area contributed by atoms with E-state index in [-0.39, 0.29) is 30.4 Å². The fourth-order valence-corrected chi connectivity index (χ4v) is 6.42. The fourth-order valence-electron chi connectivity index (χ4n) is 4.97. The molecule has 1 aromatic carbocycles. The van der Waals surface area contributed by atoms with Gasteiger partial charge in [0.05, 0.1) is 29.0 Å². The normalized spacial score (nSPS) is 15.1. The minimum Gasteiger partial charge on any atom is -0.493 e. The molecule has 2 aromatic heterocycles. The second kappa shape index (κ2) is 12.7. The van der Waals surface area contributed by atoms with Crippen LogP contribution in [0.3, 0.4) is 0 Å². The van der Waals surface area contributed by atoms with Crippen molar-refractivity contribution in [2.45, 2.75) is 38.5 Å².